The molecule has 0 unspecified atom stereocenters. The Kier molecular flexibility index (Phi) is 6.33. The van der Waals surface area contributed by atoms with E-state index in [4.69, 9.17) is 4.99 Å². The van der Waals surface area contributed by atoms with Crippen molar-refractivity contribution in [2.75, 3.05) is 19.6 Å². The van der Waals surface area contributed by atoms with E-state index in [9.17, 15) is 0 Å². The number of aromatic nitrogens is 3. The smallest absolute Gasteiger partial charge is 0.194 e. The molecule has 1 aliphatic heterocycles. The van der Waals surface area contributed by atoms with Crippen LogP contribution in [0, 0.1) is 12.3 Å². The van der Waals surface area contributed by atoms with Gasteiger partial charge in [-0.2, -0.15) is 0 Å². The maximum atomic E-state index is 4.89. The average molecular weight is 359 g/mol. The second-order valence-electron chi connectivity index (χ2n) is 7.97. The number of likely N-dealkylation sites (tertiary alicyclic amines) is 1. The van der Waals surface area contributed by atoms with Gasteiger partial charge in [0.1, 0.15) is 12.4 Å². The zero-order valence-corrected chi connectivity index (χ0v) is 16.5. The molecule has 1 aromatic rings. The van der Waals surface area contributed by atoms with E-state index in [0.717, 1.165) is 37.2 Å². The maximum absolute atomic E-state index is 4.89. The Bertz CT molecular complexity index is 624. The van der Waals surface area contributed by atoms with E-state index >= 15 is 0 Å². The van der Waals surface area contributed by atoms with Crippen molar-refractivity contribution >= 4 is 5.96 Å². The zero-order chi connectivity index (χ0) is 18.4. The third-order valence-electron chi connectivity index (χ3n) is 6.08. The first-order valence-corrected chi connectivity index (χ1v) is 10.1. The minimum atomic E-state index is 0.493. The van der Waals surface area contributed by atoms with Crippen molar-refractivity contribution in [2.24, 2.45) is 17.5 Å². The minimum absolute atomic E-state index is 0.493. The molecule has 0 amide bonds. The number of nitrogens with zero attached hydrogens (tertiary/aromatic N) is 5. The van der Waals surface area contributed by atoms with E-state index in [0.29, 0.717) is 12.0 Å². The molecule has 2 heterocycles. The van der Waals surface area contributed by atoms with Gasteiger partial charge in [-0.25, -0.2) is 4.99 Å². The molecule has 6 nitrogen and oxygen atoms in total. The standard InChI is InChI=1S/C20H34N6/c1-4-13-21-19(22-15-18-24-23-17(2)25(18)3)26-14-9-12-20(16-26)10-7-5-6-8-11-20/h4H,1,5-16H2,2-3H3,(H,21,22). The number of hydrogen-bond donors (Lipinski definition) is 1. The van der Waals surface area contributed by atoms with Gasteiger partial charge in [-0.3, -0.25) is 0 Å². The Morgan fingerprint density at radius 1 is 1.19 bits per heavy atom. The fourth-order valence-electron chi connectivity index (χ4n) is 4.44. The van der Waals surface area contributed by atoms with Crippen molar-refractivity contribution in [3.05, 3.63) is 24.3 Å². The summed E-state index contributed by atoms with van der Waals surface area (Å²) in [7, 11) is 2.00. The van der Waals surface area contributed by atoms with Crippen LogP contribution in [0.4, 0.5) is 0 Å². The van der Waals surface area contributed by atoms with Crippen LogP contribution in [-0.4, -0.2) is 45.3 Å². The molecule has 0 bridgehead atoms. The number of aliphatic imine (C=N–C) groups is 1. The van der Waals surface area contributed by atoms with Gasteiger partial charge in [-0.1, -0.05) is 31.8 Å². The molecule has 2 fully saturated rings. The van der Waals surface area contributed by atoms with Crippen molar-refractivity contribution in [2.45, 2.75) is 64.8 Å². The second kappa shape index (κ2) is 8.69. The van der Waals surface area contributed by atoms with Crippen LogP contribution >= 0.6 is 0 Å². The van der Waals surface area contributed by atoms with Crippen molar-refractivity contribution in [3.8, 4) is 0 Å². The number of piperidine rings is 1. The summed E-state index contributed by atoms with van der Waals surface area (Å²) in [5, 5.41) is 11.9. The molecule has 1 spiro atoms. The Hall–Kier alpha value is -1.85. The van der Waals surface area contributed by atoms with Crippen molar-refractivity contribution in [3.63, 3.8) is 0 Å². The van der Waals surface area contributed by atoms with E-state index in [1.807, 2.05) is 24.6 Å². The van der Waals surface area contributed by atoms with Crippen LogP contribution in [0.25, 0.3) is 0 Å². The molecule has 0 atom stereocenters. The van der Waals surface area contributed by atoms with E-state index in [2.05, 4.69) is 27.0 Å². The molecule has 26 heavy (non-hydrogen) atoms. The van der Waals surface area contributed by atoms with Gasteiger partial charge in [-0.05, 0) is 38.0 Å². The molecule has 6 heteroatoms. The highest BCUT2D eigenvalue weighted by atomic mass is 15.3. The number of aryl methyl sites for hydroxylation is 1. The molecule has 2 aliphatic rings. The first-order chi connectivity index (χ1) is 12.6. The molecule has 1 saturated carbocycles. The van der Waals surface area contributed by atoms with Gasteiger partial charge >= 0.3 is 0 Å². The number of rotatable bonds is 4. The predicted molar refractivity (Wildman–Crippen MR) is 106 cm³/mol. The lowest BCUT2D eigenvalue weighted by molar-refractivity contribution is 0.115. The highest BCUT2D eigenvalue weighted by Crippen LogP contribution is 2.42. The lowest BCUT2D eigenvalue weighted by Gasteiger charge is -2.44. The zero-order valence-electron chi connectivity index (χ0n) is 16.5. The third-order valence-corrected chi connectivity index (χ3v) is 6.08. The Morgan fingerprint density at radius 2 is 1.92 bits per heavy atom. The van der Waals surface area contributed by atoms with E-state index < -0.39 is 0 Å². The molecule has 1 aromatic heterocycles. The summed E-state index contributed by atoms with van der Waals surface area (Å²) in [6.07, 6.45) is 12.9. The fourth-order valence-corrected chi connectivity index (χ4v) is 4.44. The van der Waals surface area contributed by atoms with E-state index in [-0.39, 0.29) is 0 Å². The molecule has 1 N–H and O–H groups in total. The lowest BCUT2D eigenvalue weighted by Crippen LogP contribution is -2.50. The Labute approximate surface area is 157 Å². The normalized spacial score (nSPS) is 20.8. The summed E-state index contributed by atoms with van der Waals surface area (Å²) in [5.74, 6) is 2.82. The molecule has 144 valence electrons. The highest BCUT2D eigenvalue weighted by Gasteiger charge is 2.36. The van der Waals surface area contributed by atoms with Crippen LogP contribution < -0.4 is 5.32 Å². The SMILES string of the molecule is C=CCNC(=NCc1nnc(C)n1C)N1CCCC2(CCCCCC2)C1. The van der Waals surface area contributed by atoms with Crippen molar-refractivity contribution < 1.29 is 0 Å². The largest absolute Gasteiger partial charge is 0.353 e. The van der Waals surface area contributed by atoms with Crippen LogP contribution in [0.2, 0.25) is 0 Å². The maximum Gasteiger partial charge on any atom is 0.194 e. The molecular weight excluding hydrogens is 324 g/mol. The van der Waals surface area contributed by atoms with Crippen LogP contribution in [0.5, 0.6) is 0 Å². The second-order valence-corrected chi connectivity index (χ2v) is 7.97. The van der Waals surface area contributed by atoms with Crippen molar-refractivity contribution in [1.29, 1.82) is 0 Å². The average Bonchev–Trinajstić information content (AvgIpc) is 2.84. The van der Waals surface area contributed by atoms with E-state index in [1.165, 1.54) is 51.4 Å². The summed E-state index contributed by atoms with van der Waals surface area (Å²) in [6, 6.07) is 0. The molecule has 1 aliphatic carbocycles. The predicted octanol–water partition coefficient (Wildman–Crippen LogP) is 3.19. The van der Waals surface area contributed by atoms with Gasteiger partial charge in [0.05, 0.1) is 0 Å². The summed E-state index contributed by atoms with van der Waals surface area (Å²) in [4.78, 5) is 7.36. The quantitative estimate of drug-likeness (QED) is 0.510. The fraction of sp³-hybridized carbons (Fsp3) is 0.750. The highest BCUT2D eigenvalue weighted by molar-refractivity contribution is 5.80. The van der Waals surface area contributed by atoms with Crippen LogP contribution in [0.3, 0.4) is 0 Å². The molecule has 0 aromatic carbocycles. The van der Waals surface area contributed by atoms with E-state index in [1.54, 1.807) is 0 Å². The first kappa shape index (κ1) is 18.9. The molecule has 0 radical (unpaired) electrons. The summed E-state index contributed by atoms with van der Waals surface area (Å²) in [6.45, 7) is 9.33. The molecular formula is C20H34N6. The van der Waals surface area contributed by atoms with Gasteiger partial charge in [0.15, 0.2) is 11.8 Å². The Morgan fingerprint density at radius 3 is 2.58 bits per heavy atom. The van der Waals surface area contributed by atoms with Gasteiger partial charge < -0.3 is 14.8 Å². The number of nitrogens with one attached hydrogen (secondary N) is 1. The first-order valence-electron chi connectivity index (χ1n) is 10.1. The Balaban J connectivity index is 1.74. The summed E-state index contributed by atoms with van der Waals surface area (Å²) >= 11 is 0. The monoisotopic (exact) mass is 358 g/mol. The third kappa shape index (κ3) is 4.46. The number of guanidine groups is 1. The van der Waals surface area contributed by atoms with Gasteiger partial charge in [-0.15, -0.1) is 16.8 Å². The van der Waals surface area contributed by atoms with Crippen LogP contribution in [0.15, 0.2) is 17.6 Å². The minimum Gasteiger partial charge on any atom is -0.353 e. The topological polar surface area (TPSA) is 58.3 Å². The van der Waals surface area contributed by atoms with Gasteiger partial charge in [0, 0.05) is 26.7 Å². The number of hydrogen-bond acceptors (Lipinski definition) is 3. The van der Waals surface area contributed by atoms with Crippen LogP contribution in [-0.2, 0) is 13.6 Å². The van der Waals surface area contributed by atoms with Crippen LogP contribution in [0.1, 0.15) is 63.0 Å². The van der Waals surface area contributed by atoms with Crippen molar-refractivity contribution in [1.82, 2.24) is 25.0 Å². The van der Waals surface area contributed by atoms with Gasteiger partial charge in [0.2, 0.25) is 0 Å². The van der Waals surface area contributed by atoms with Gasteiger partial charge in [0.25, 0.3) is 0 Å². The molecule has 1 saturated heterocycles. The lowest BCUT2D eigenvalue weighted by atomic mass is 9.74. The summed E-state index contributed by atoms with van der Waals surface area (Å²) < 4.78 is 2.01. The molecule has 3 rings (SSSR count). The summed E-state index contributed by atoms with van der Waals surface area (Å²) in [5.41, 5.74) is 0.493.